The van der Waals surface area contributed by atoms with Gasteiger partial charge in [-0.3, -0.25) is 5.43 Å². The molecule has 0 fully saturated rings. The topological polar surface area (TPSA) is 27.6 Å². The van der Waals surface area contributed by atoms with Gasteiger partial charge in [0.2, 0.25) is 0 Å². The van der Waals surface area contributed by atoms with Gasteiger partial charge in [0, 0.05) is 30.1 Å². The highest BCUT2D eigenvalue weighted by atomic mass is 35.5. The van der Waals surface area contributed by atoms with Crippen molar-refractivity contribution in [1.82, 2.24) is 0 Å². The van der Waals surface area contributed by atoms with E-state index >= 15 is 0 Å². The summed E-state index contributed by atoms with van der Waals surface area (Å²) in [5.74, 6) is 0. The number of rotatable bonds is 3. The van der Waals surface area contributed by atoms with E-state index in [2.05, 4.69) is 60.6 Å². The molecule has 0 atom stereocenters. The lowest BCUT2D eigenvalue weighted by atomic mass is 9.84. The van der Waals surface area contributed by atoms with Crippen molar-refractivity contribution in [2.24, 2.45) is 5.10 Å². The minimum absolute atomic E-state index is 0.0399. The number of halogens is 1. The van der Waals surface area contributed by atoms with Crippen LogP contribution in [0.2, 0.25) is 5.02 Å². The maximum absolute atomic E-state index is 6.10. The average molecular weight is 326 g/mol. The van der Waals surface area contributed by atoms with Crippen molar-refractivity contribution in [3.63, 3.8) is 0 Å². The first-order valence-corrected chi connectivity index (χ1v) is 7.97. The minimum atomic E-state index is -0.0399. The van der Waals surface area contributed by atoms with Crippen molar-refractivity contribution in [3.8, 4) is 0 Å². The maximum Gasteiger partial charge on any atom is 0.0748 e. The van der Waals surface area contributed by atoms with Crippen molar-refractivity contribution < 1.29 is 0 Å². The molecule has 2 aromatic carbocycles. The third-order valence-corrected chi connectivity index (χ3v) is 4.64. The summed E-state index contributed by atoms with van der Waals surface area (Å²) in [7, 11) is 2.09. The Kier molecular flexibility index (Phi) is 4.14. The summed E-state index contributed by atoms with van der Waals surface area (Å²) in [6.07, 6.45) is 3.83. The van der Waals surface area contributed by atoms with Gasteiger partial charge >= 0.3 is 0 Å². The number of anilines is 2. The number of benzene rings is 2. The summed E-state index contributed by atoms with van der Waals surface area (Å²) in [5, 5.41) is 4.92. The molecule has 0 amide bonds. The lowest BCUT2D eigenvalue weighted by Gasteiger charge is -2.23. The molecule has 0 aromatic heterocycles. The monoisotopic (exact) mass is 325 g/mol. The van der Waals surface area contributed by atoms with Gasteiger partial charge in [0.25, 0.3) is 0 Å². The van der Waals surface area contributed by atoms with Crippen LogP contribution in [0.4, 0.5) is 11.4 Å². The minimum Gasteiger partial charge on any atom is -0.347 e. The van der Waals surface area contributed by atoms with Gasteiger partial charge in [-0.25, -0.2) is 0 Å². The molecule has 1 aliphatic rings. The number of fused-ring (bicyclic) bond motifs is 1. The van der Waals surface area contributed by atoms with Crippen molar-refractivity contribution >= 4 is 29.2 Å². The van der Waals surface area contributed by atoms with Crippen LogP contribution in [0.3, 0.4) is 0 Å². The predicted molar refractivity (Wildman–Crippen MR) is 99.5 cm³/mol. The standard InChI is InChI=1S/C19H20ClN3/c1-19(2)14-8-4-7-11-17(14)23(3)18(19)12-13-21-22-16-10-6-5-9-15(16)20/h4-13,22H,1-3H3/b18-12-,21-13-. The van der Waals surface area contributed by atoms with E-state index in [1.54, 1.807) is 6.21 Å². The Morgan fingerprint density at radius 3 is 2.52 bits per heavy atom. The lowest BCUT2D eigenvalue weighted by molar-refractivity contribution is 0.641. The fourth-order valence-electron chi connectivity index (χ4n) is 3.07. The van der Waals surface area contributed by atoms with Gasteiger partial charge in [-0.05, 0) is 29.8 Å². The van der Waals surface area contributed by atoms with E-state index in [9.17, 15) is 0 Å². The average Bonchev–Trinajstić information content (AvgIpc) is 2.74. The van der Waals surface area contributed by atoms with Gasteiger partial charge in [-0.15, -0.1) is 0 Å². The Balaban J connectivity index is 1.81. The van der Waals surface area contributed by atoms with E-state index in [4.69, 9.17) is 11.6 Å². The molecule has 0 unspecified atom stereocenters. The zero-order valence-corrected chi connectivity index (χ0v) is 14.3. The molecular weight excluding hydrogens is 306 g/mol. The van der Waals surface area contributed by atoms with Crippen molar-refractivity contribution in [3.05, 3.63) is 70.9 Å². The molecule has 4 heteroatoms. The molecular formula is C19H20ClN3. The van der Waals surface area contributed by atoms with E-state index in [0.29, 0.717) is 5.02 Å². The molecule has 0 spiro atoms. The number of nitrogens with one attached hydrogen (secondary N) is 1. The predicted octanol–water partition coefficient (Wildman–Crippen LogP) is 5.05. The van der Waals surface area contributed by atoms with Crippen LogP contribution in [-0.4, -0.2) is 13.3 Å². The first-order chi connectivity index (χ1) is 11.0. The summed E-state index contributed by atoms with van der Waals surface area (Å²) >= 11 is 6.10. The van der Waals surface area contributed by atoms with Crippen LogP contribution in [-0.2, 0) is 5.41 Å². The molecule has 1 aliphatic heterocycles. The molecule has 0 aliphatic carbocycles. The molecule has 0 saturated carbocycles. The Hall–Kier alpha value is -2.26. The van der Waals surface area contributed by atoms with E-state index in [1.807, 2.05) is 30.3 Å². The zero-order chi connectivity index (χ0) is 16.4. The third kappa shape index (κ3) is 2.84. The van der Waals surface area contributed by atoms with Gasteiger partial charge in [0.05, 0.1) is 10.7 Å². The summed E-state index contributed by atoms with van der Waals surface area (Å²) < 4.78 is 0. The van der Waals surface area contributed by atoms with Gasteiger partial charge in [-0.2, -0.15) is 5.10 Å². The molecule has 0 bridgehead atoms. The highest BCUT2D eigenvalue weighted by molar-refractivity contribution is 6.33. The van der Waals surface area contributed by atoms with Crippen molar-refractivity contribution in [1.29, 1.82) is 0 Å². The van der Waals surface area contributed by atoms with E-state index in [1.165, 1.54) is 16.9 Å². The summed E-state index contributed by atoms with van der Waals surface area (Å²) in [6.45, 7) is 4.47. The van der Waals surface area contributed by atoms with Gasteiger partial charge in [0.1, 0.15) is 0 Å². The van der Waals surface area contributed by atoms with Gasteiger partial charge in [-0.1, -0.05) is 55.8 Å². The number of para-hydroxylation sites is 2. The summed E-state index contributed by atoms with van der Waals surface area (Å²) in [6, 6.07) is 16.0. The van der Waals surface area contributed by atoms with E-state index in [0.717, 1.165) is 5.69 Å². The highest BCUT2D eigenvalue weighted by Crippen LogP contribution is 2.46. The van der Waals surface area contributed by atoms with Crippen LogP contribution < -0.4 is 10.3 Å². The van der Waals surface area contributed by atoms with Gasteiger partial charge in [0.15, 0.2) is 0 Å². The molecule has 2 aromatic rings. The SMILES string of the molecule is CN1/C(=C\C=N/Nc2ccccc2Cl)C(C)(C)c2ccccc21. The van der Waals surface area contributed by atoms with Crippen LogP contribution in [0.25, 0.3) is 0 Å². The third-order valence-electron chi connectivity index (χ3n) is 4.31. The molecule has 0 radical (unpaired) electrons. The zero-order valence-electron chi connectivity index (χ0n) is 13.5. The lowest BCUT2D eigenvalue weighted by Crippen LogP contribution is -2.23. The van der Waals surface area contributed by atoms with Crippen LogP contribution in [0.1, 0.15) is 19.4 Å². The summed E-state index contributed by atoms with van der Waals surface area (Å²) in [5.41, 5.74) is 7.52. The quantitative estimate of drug-likeness (QED) is 0.631. The van der Waals surface area contributed by atoms with Crippen molar-refractivity contribution in [2.75, 3.05) is 17.4 Å². The summed E-state index contributed by atoms with van der Waals surface area (Å²) in [4.78, 5) is 2.22. The molecule has 1 N–H and O–H groups in total. The Morgan fingerprint density at radius 1 is 1.09 bits per heavy atom. The van der Waals surface area contributed by atoms with Crippen LogP contribution >= 0.6 is 11.6 Å². The highest BCUT2D eigenvalue weighted by Gasteiger charge is 2.37. The largest absolute Gasteiger partial charge is 0.347 e. The number of hydrazone groups is 1. The fraction of sp³-hybridized carbons (Fsp3) is 0.211. The number of hydrogen-bond donors (Lipinski definition) is 1. The van der Waals surface area contributed by atoms with E-state index in [-0.39, 0.29) is 5.41 Å². The van der Waals surface area contributed by atoms with Crippen LogP contribution in [0, 0.1) is 0 Å². The number of nitrogens with zero attached hydrogens (tertiary/aromatic N) is 2. The second-order valence-electron chi connectivity index (χ2n) is 6.12. The van der Waals surface area contributed by atoms with E-state index < -0.39 is 0 Å². The molecule has 23 heavy (non-hydrogen) atoms. The number of hydrogen-bond acceptors (Lipinski definition) is 3. The first kappa shape index (κ1) is 15.6. The Morgan fingerprint density at radius 2 is 1.78 bits per heavy atom. The smallest absolute Gasteiger partial charge is 0.0748 e. The molecule has 0 saturated heterocycles. The number of likely N-dealkylation sites (N-methyl/N-ethyl adjacent to an activating group) is 1. The maximum atomic E-state index is 6.10. The molecule has 3 nitrogen and oxygen atoms in total. The second-order valence-corrected chi connectivity index (χ2v) is 6.53. The molecule has 1 heterocycles. The van der Waals surface area contributed by atoms with Crippen LogP contribution in [0.5, 0.6) is 0 Å². The Labute approximate surface area is 142 Å². The molecule has 3 rings (SSSR count). The second kappa shape index (κ2) is 6.09. The van der Waals surface area contributed by atoms with Crippen molar-refractivity contribution in [2.45, 2.75) is 19.3 Å². The molecule has 118 valence electrons. The van der Waals surface area contributed by atoms with Gasteiger partial charge < -0.3 is 4.90 Å². The first-order valence-electron chi connectivity index (χ1n) is 7.59. The number of allylic oxidation sites excluding steroid dienone is 2. The fourth-order valence-corrected chi connectivity index (χ4v) is 3.25. The Bertz CT molecular complexity index is 778. The van der Waals surface area contributed by atoms with Crippen LogP contribution in [0.15, 0.2) is 65.4 Å². The normalized spacial score (nSPS) is 17.7.